The average Bonchev–Trinajstić information content (AvgIpc) is 3.20. The lowest BCUT2D eigenvalue weighted by atomic mass is 9.93. The standard InChI is InChI=1S/C23H27ClN2O2S/c1-3-5-6-21(27)25(13-4-2)16-22(28)26-14-11-20-19(12-15-29-20)23(26)17-7-9-18(24)10-8-17/h4,7-10,12,15,23H,2-3,5-6,11,13-14,16H2,1H3. The molecule has 6 heteroatoms. The minimum Gasteiger partial charge on any atom is -0.330 e. The molecule has 4 nitrogen and oxygen atoms in total. The molecular weight excluding hydrogens is 404 g/mol. The van der Waals surface area contributed by atoms with Gasteiger partial charge in [-0.05, 0) is 47.5 Å². The van der Waals surface area contributed by atoms with Crippen LogP contribution in [0.15, 0.2) is 48.4 Å². The fraction of sp³-hybridized carbons (Fsp3) is 0.391. The number of benzene rings is 1. The third-order valence-electron chi connectivity index (χ3n) is 5.24. The molecule has 0 bridgehead atoms. The van der Waals surface area contributed by atoms with E-state index < -0.39 is 0 Å². The first-order valence-corrected chi connectivity index (χ1v) is 11.3. The van der Waals surface area contributed by atoms with Gasteiger partial charge in [-0.15, -0.1) is 17.9 Å². The molecule has 1 aliphatic heterocycles. The van der Waals surface area contributed by atoms with Crippen molar-refractivity contribution >= 4 is 34.8 Å². The normalized spacial score (nSPS) is 15.7. The van der Waals surface area contributed by atoms with Crippen LogP contribution in [0, 0.1) is 0 Å². The number of hydrogen-bond acceptors (Lipinski definition) is 3. The Bertz CT molecular complexity index is 862. The number of hydrogen-bond donors (Lipinski definition) is 0. The maximum absolute atomic E-state index is 13.3. The van der Waals surface area contributed by atoms with Gasteiger partial charge in [-0.3, -0.25) is 9.59 Å². The summed E-state index contributed by atoms with van der Waals surface area (Å²) in [6.45, 7) is 6.91. The second-order valence-corrected chi connectivity index (χ2v) is 8.69. The third-order valence-corrected chi connectivity index (χ3v) is 6.49. The molecule has 1 aromatic carbocycles. The van der Waals surface area contributed by atoms with Crippen molar-refractivity contribution in [1.82, 2.24) is 9.80 Å². The molecular formula is C23H27ClN2O2S. The van der Waals surface area contributed by atoms with Gasteiger partial charge in [0.15, 0.2) is 0 Å². The van der Waals surface area contributed by atoms with Crippen LogP contribution in [0.4, 0.5) is 0 Å². The topological polar surface area (TPSA) is 40.6 Å². The molecule has 0 radical (unpaired) electrons. The molecule has 29 heavy (non-hydrogen) atoms. The summed E-state index contributed by atoms with van der Waals surface area (Å²) in [5, 5.41) is 2.76. The van der Waals surface area contributed by atoms with Crippen molar-refractivity contribution in [1.29, 1.82) is 0 Å². The Kier molecular flexibility index (Phi) is 7.51. The van der Waals surface area contributed by atoms with E-state index in [1.54, 1.807) is 22.3 Å². The van der Waals surface area contributed by atoms with E-state index >= 15 is 0 Å². The minimum atomic E-state index is -0.147. The van der Waals surface area contributed by atoms with Crippen LogP contribution >= 0.6 is 22.9 Å². The number of amides is 2. The number of halogens is 1. The van der Waals surface area contributed by atoms with Gasteiger partial charge in [-0.2, -0.15) is 0 Å². The number of nitrogens with zero attached hydrogens (tertiary/aromatic N) is 2. The Morgan fingerprint density at radius 3 is 2.76 bits per heavy atom. The zero-order valence-electron chi connectivity index (χ0n) is 16.8. The highest BCUT2D eigenvalue weighted by Gasteiger charge is 2.33. The summed E-state index contributed by atoms with van der Waals surface area (Å²) in [6.07, 6.45) is 4.77. The van der Waals surface area contributed by atoms with E-state index in [1.165, 1.54) is 10.4 Å². The monoisotopic (exact) mass is 430 g/mol. The zero-order valence-corrected chi connectivity index (χ0v) is 18.3. The molecule has 0 saturated heterocycles. The van der Waals surface area contributed by atoms with Crippen LogP contribution in [-0.2, 0) is 16.0 Å². The highest BCUT2D eigenvalue weighted by atomic mass is 35.5. The Morgan fingerprint density at radius 1 is 1.31 bits per heavy atom. The number of fused-ring (bicyclic) bond motifs is 1. The van der Waals surface area contributed by atoms with Crippen molar-refractivity contribution < 1.29 is 9.59 Å². The van der Waals surface area contributed by atoms with Crippen LogP contribution in [0.2, 0.25) is 5.02 Å². The maximum atomic E-state index is 13.3. The molecule has 1 aliphatic rings. The fourth-order valence-electron chi connectivity index (χ4n) is 3.74. The van der Waals surface area contributed by atoms with Crippen molar-refractivity contribution in [2.45, 2.75) is 38.6 Å². The molecule has 0 fully saturated rings. The van der Waals surface area contributed by atoms with E-state index in [1.807, 2.05) is 29.2 Å². The molecule has 3 rings (SSSR count). The van der Waals surface area contributed by atoms with Crippen LogP contribution < -0.4 is 0 Å². The van der Waals surface area contributed by atoms with Gasteiger partial charge < -0.3 is 9.80 Å². The first-order chi connectivity index (χ1) is 14.0. The Hall–Kier alpha value is -2.11. The van der Waals surface area contributed by atoms with Gasteiger partial charge in [0.05, 0.1) is 6.04 Å². The first kappa shape index (κ1) is 21.6. The van der Waals surface area contributed by atoms with Crippen LogP contribution in [0.5, 0.6) is 0 Å². The predicted molar refractivity (Wildman–Crippen MR) is 119 cm³/mol. The van der Waals surface area contributed by atoms with Gasteiger partial charge in [-0.25, -0.2) is 0 Å². The van der Waals surface area contributed by atoms with Crippen molar-refractivity contribution in [3.05, 3.63) is 69.4 Å². The van der Waals surface area contributed by atoms with Gasteiger partial charge in [-0.1, -0.05) is 43.2 Å². The van der Waals surface area contributed by atoms with Gasteiger partial charge in [0.2, 0.25) is 11.8 Å². The predicted octanol–water partition coefficient (Wildman–Crippen LogP) is 5.08. The first-order valence-electron chi connectivity index (χ1n) is 10.0. The van der Waals surface area contributed by atoms with Crippen molar-refractivity contribution in [3.63, 3.8) is 0 Å². The lowest BCUT2D eigenvalue weighted by Gasteiger charge is -2.37. The van der Waals surface area contributed by atoms with Gasteiger partial charge >= 0.3 is 0 Å². The Balaban J connectivity index is 1.84. The average molecular weight is 431 g/mol. The number of thiophene rings is 1. The zero-order chi connectivity index (χ0) is 20.8. The lowest BCUT2D eigenvalue weighted by molar-refractivity contribution is -0.141. The van der Waals surface area contributed by atoms with Crippen LogP contribution in [0.3, 0.4) is 0 Å². The molecule has 154 valence electrons. The quantitative estimate of drug-likeness (QED) is 0.548. The SMILES string of the molecule is C=CCN(CC(=O)N1CCc2sccc2C1c1ccc(Cl)cc1)C(=O)CCCC. The largest absolute Gasteiger partial charge is 0.330 e. The smallest absolute Gasteiger partial charge is 0.243 e. The summed E-state index contributed by atoms with van der Waals surface area (Å²) < 4.78 is 0. The fourth-order valence-corrected chi connectivity index (χ4v) is 4.77. The molecule has 2 aromatic rings. The molecule has 0 aliphatic carbocycles. The van der Waals surface area contributed by atoms with E-state index in [2.05, 4.69) is 24.9 Å². The number of rotatable bonds is 8. The molecule has 0 spiro atoms. The Labute approximate surface area is 181 Å². The summed E-state index contributed by atoms with van der Waals surface area (Å²) >= 11 is 7.81. The van der Waals surface area contributed by atoms with Gasteiger partial charge in [0.25, 0.3) is 0 Å². The summed E-state index contributed by atoms with van der Waals surface area (Å²) in [4.78, 5) is 30.7. The third kappa shape index (κ3) is 5.09. The van der Waals surface area contributed by atoms with Gasteiger partial charge in [0.1, 0.15) is 6.54 Å². The van der Waals surface area contributed by atoms with Crippen LogP contribution in [0.1, 0.15) is 48.2 Å². The second kappa shape index (κ2) is 10.1. The number of carbonyl (C=O) groups excluding carboxylic acids is 2. The van der Waals surface area contributed by atoms with E-state index in [0.717, 1.165) is 24.8 Å². The van der Waals surface area contributed by atoms with Crippen molar-refractivity contribution in [2.75, 3.05) is 19.6 Å². The Morgan fingerprint density at radius 2 is 2.07 bits per heavy atom. The second-order valence-electron chi connectivity index (χ2n) is 7.26. The molecule has 0 N–H and O–H groups in total. The summed E-state index contributed by atoms with van der Waals surface area (Å²) in [5.41, 5.74) is 2.21. The van der Waals surface area contributed by atoms with E-state index in [9.17, 15) is 9.59 Å². The van der Waals surface area contributed by atoms with Crippen molar-refractivity contribution in [3.8, 4) is 0 Å². The van der Waals surface area contributed by atoms with Crippen molar-refractivity contribution in [2.24, 2.45) is 0 Å². The summed E-state index contributed by atoms with van der Waals surface area (Å²) in [7, 11) is 0. The van der Waals surface area contributed by atoms with E-state index in [0.29, 0.717) is 24.5 Å². The molecule has 0 saturated carbocycles. The van der Waals surface area contributed by atoms with Gasteiger partial charge in [0, 0.05) is 29.4 Å². The molecule has 1 aromatic heterocycles. The van der Waals surface area contributed by atoms with Crippen LogP contribution in [0.25, 0.3) is 0 Å². The highest BCUT2D eigenvalue weighted by molar-refractivity contribution is 7.10. The summed E-state index contributed by atoms with van der Waals surface area (Å²) in [5.74, 6) is -0.0233. The number of carbonyl (C=O) groups is 2. The summed E-state index contributed by atoms with van der Waals surface area (Å²) in [6, 6.07) is 9.64. The minimum absolute atomic E-state index is 0.0105. The molecule has 1 unspecified atom stereocenters. The van der Waals surface area contributed by atoms with Crippen LogP contribution in [-0.4, -0.2) is 41.2 Å². The molecule has 2 heterocycles. The molecule has 2 amide bonds. The maximum Gasteiger partial charge on any atom is 0.243 e. The van der Waals surface area contributed by atoms with E-state index in [4.69, 9.17) is 11.6 Å². The number of unbranched alkanes of at least 4 members (excludes halogenated alkanes) is 1. The molecule has 1 atom stereocenters. The van der Waals surface area contributed by atoms with E-state index in [-0.39, 0.29) is 24.4 Å². The highest BCUT2D eigenvalue weighted by Crippen LogP contribution is 2.38. The lowest BCUT2D eigenvalue weighted by Crippen LogP contribution is -2.46.